The van der Waals surface area contributed by atoms with Gasteiger partial charge < -0.3 is 20.5 Å². The van der Waals surface area contributed by atoms with E-state index in [-0.39, 0.29) is 5.96 Å². The molecule has 0 spiro atoms. The van der Waals surface area contributed by atoms with Crippen molar-refractivity contribution in [2.24, 2.45) is 10.7 Å². The van der Waals surface area contributed by atoms with Crippen molar-refractivity contribution in [3.8, 4) is 11.5 Å². The van der Waals surface area contributed by atoms with Crippen molar-refractivity contribution in [3.63, 3.8) is 0 Å². The van der Waals surface area contributed by atoms with Gasteiger partial charge in [0, 0.05) is 12.6 Å². The van der Waals surface area contributed by atoms with Gasteiger partial charge in [-0.2, -0.15) is 0 Å². The summed E-state index contributed by atoms with van der Waals surface area (Å²) in [5.41, 5.74) is 9.89. The van der Waals surface area contributed by atoms with Crippen LogP contribution in [0.2, 0.25) is 0 Å². The molecule has 0 unspecified atom stereocenters. The number of ether oxygens (including phenoxy) is 2. The number of carbonyl (C=O) groups is 1. The normalized spacial score (nSPS) is 11.0. The van der Waals surface area contributed by atoms with Gasteiger partial charge in [-0.1, -0.05) is 60.7 Å². The predicted octanol–water partition coefficient (Wildman–Crippen LogP) is 4.53. The summed E-state index contributed by atoms with van der Waals surface area (Å²) < 4.78 is 12.3. The van der Waals surface area contributed by atoms with Gasteiger partial charge in [-0.15, -0.1) is 0 Å². The van der Waals surface area contributed by atoms with Crippen LogP contribution in [0, 0.1) is 13.8 Å². The second-order valence-corrected chi connectivity index (χ2v) is 7.26. The van der Waals surface area contributed by atoms with Crippen molar-refractivity contribution in [3.05, 3.63) is 89.0 Å². The minimum absolute atomic E-state index is 0.0289. The van der Waals surface area contributed by atoms with E-state index in [0.717, 1.165) is 22.3 Å². The third kappa shape index (κ3) is 6.01. The van der Waals surface area contributed by atoms with E-state index in [0.29, 0.717) is 30.4 Å². The van der Waals surface area contributed by atoms with E-state index in [1.807, 2.05) is 80.6 Å². The maximum Gasteiger partial charge on any atom is 0.326 e. The molecular formula is C25H28N4O3. The van der Waals surface area contributed by atoms with E-state index in [9.17, 15) is 4.79 Å². The van der Waals surface area contributed by atoms with E-state index in [2.05, 4.69) is 15.6 Å². The van der Waals surface area contributed by atoms with Crippen LogP contribution in [0.1, 0.15) is 22.3 Å². The van der Waals surface area contributed by atoms with Gasteiger partial charge in [0.1, 0.15) is 13.2 Å². The highest BCUT2D eigenvalue weighted by Crippen LogP contribution is 2.39. The van der Waals surface area contributed by atoms with Crippen LogP contribution in [0.3, 0.4) is 0 Å². The Kier molecular flexibility index (Phi) is 7.70. The number of hydrogen-bond donors (Lipinski definition) is 3. The van der Waals surface area contributed by atoms with Crippen LogP contribution >= 0.6 is 0 Å². The molecule has 0 fully saturated rings. The predicted molar refractivity (Wildman–Crippen MR) is 127 cm³/mol. The summed E-state index contributed by atoms with van der Waals surface area (Å²) in [5, 5.41) is 5.31. The number of aliphatic imine (C=N–C) groups is 1. The first-order valence-corrected chi connectivity index (χ1v) is 10.3. The lowest BCUT2D eigenvalue weighted by atomic mass is 10.1. The molecule has 0 bridgehead atoms. The van der Waals surface area contributed by atoms with Gasteiger partial charge >= 0.3 is 6.03 Å². The van der Waals surface area contributed by atoms with Gasteiger partial charge in [0.2, 0.25) is 0 Å². The number of benzene rings is 3. The minimum atomic E-state index is -0.480. The number of nitrogens with two attached hydrogens (primary N) is 1. The zero-order valence-electron chi connectivity index (χ0n) is 18.5. The standard InChI is InChI=1S/C25H28N4O3/c1-17-14-21(31-15-19-10-6-4-7-11-19)23(32-16-20-12-8-5-9-13-20)18(2)22(17)28-25(30)29-24(26)27-3/h4-14H,15-16H2,1-3H3,(H4,26,27,28,29,30). The largest absolute Gasteiger partial charge is 0.485 e. The molecule has 7 heteroatoms. The van der Waals surface area contributed by atoms with Gasteiger partial charge in [-0.3, -0.25) is 10.3 Å². The molecule has 166 valence electrons. The van der Waals surface area contributed by atoms with Crippen LogP contribution in [0.25, 0.3) is 0 Å². The lowest BCUT2D eigenvalue weighted by Crippen LogP contribution is -2.39. The molecule has 0 aliphatic rings. The first-order valence-electron chi connectivity index (χ1n) is 10.3. The average molecular weight is 433 g/mol. The maximum atomic E-state index is 12.3. The van der Waals surface area contributed by atoms with Crippen LogP contribution in [-0.2, 0) is 13.2 Å². The van der Waals surface area contributed by atoms with Gasteiger partial charge in [0.05, 0.1) is 5.69 Å². The van der Waals surface area contributed by atoms with Crippen LogP contribution in [0.15, 0.2) is 71.7 Å². The Morgan fingerprint density at radius 3 is 2.06 bits per heavy atom. The molecular weight excluding hydrogens is 404 g/mol. The van der Waals surface area contributed by atoms with Crippen molar-refractivity contribution in [2.75, 3.05) is 12.4 Å². The van der Waals surface area contributed by atoms with Crippen molar-refractivity contribution in [1.29, 1.82) is 0 Å². The first-order chi connectivity index (χ1) is 15.5. The van der Waals surface area contributed by atoms with Gasteiger partial charge in [0.25, 0.3) is 0 Å². The Morgan fingerprint density at radius 1 is 0.938 bits per heavy atom. The molecule has 0 saturated carbocycles. The Balaban J connectivity index is 1.89. The fourth-order valence-corrected chi connectivity index (χ4v) is 3.19. The number of anilines is 1. The number of carbonyl (C=O) groups excluding carboxylic acids is 1. The summed E-state index contributed by atoms with van der Waals surface area (Å²) in [6, 6.07) is 21.2. The molecule has 4 N–H and O–H groups in total. The molecule has 3 rings (SSSR count). The van der Waals surface area contributed by atoms with E-state index >= 15 is 0 Å². The fraction of sp³-hybridized carbons (Fsp3) is 0.200. The Labute approximate surface area is 188 Å². The molecule has 0 radical (unpaired) electrons. The number of nitrogens with zero attached hydrogens (tertiary/aromatic N) is 1. The van der Waals surface area contributed by atoms with Crippen molar-refractivity contribution in [1.82, 2.24) is 5.32 Å². The Bertz CT molecular complexity index is 1080. The molecule has 3 aromatic carbocycles. The quantitative estimate of drug-likeness (QED) is 0.377. The summed E-state index contributed by atoms with van der Waals surface area (Å²) in [6.07, 6.45) is 0. The average Bonchev–Trinajstić information content (AvgIpc) is 2.81. The van der Waals surface area contributed by atoms with Crippen molar-refractivity contribution >= 4 is 17.7 Å². The molecule has 0 aromatic heterocycles. The monoisotopic (exact) mass is 432 g/mol. The topological polar surface area (TPSA) is 98.0 Å². The summed E-state index contributed by atoms with van der Waals surface area (Å²) in [4.78, 5) is 16.1. The summed E-state index contributed by atoms with van der Waals surface area (Å²) >= 11 is 0. The van der Waals surface area contributed by atoms with Crippen LogP contribution in [0.4, 0.5) is 10.5 Å². The third-order valence-electron chi connectivity index (χ3n) is 4.87. The van der Waals surface area contributed by atoms with Gasteiger partial charge in [0.15, 0.2) is 17.5 Å². The van der Waals surface area contributed by atoms with E-state index in [1.165, 1.54) is 7.05 Å². The number of amides is 2. The fourth-order valence-electron chi connectivity index (χ4n) is 3.19. The van der Waals surface area contributed by atoms with Crippen molar-refractivity contribution < 1.29 is 14.3 Å². The lowest BCUT2D eigenvalue weighted by Gasteiger charge is -2.20. The third-order valence-corrected chi connectivity index (χ3v) is 4.87. The van der Waals surface area contributed by atoms with Crippen LogP contribution in [-0.4, -0.2) is 19.0 Å². The number of guanidine groups is 1. The second kappa shape index (κ2) is 10.9. The summed E-state index contributed by atoms with van der Waals surface area (Å²) in [5.74, 6) is 1.21. The van der Waals surface area contributed by atoms with Crippen LogP contribution in [0.5, 0.6) is 11.5 Å². The number of nitrogens with one attached hydrogen (secondary N) is 2. The van der Waals surface area contributed by atoms with E-state index in [1.54, 1.807) is 0 Å². The molecule has 2 amide bonds. The Morgan fingerprint density at radius 2 is 1.50 bits per heavy atom. The summed E-state index contributed by atoms with van der Waals surface area (Å²) in [7, 11) is 1.50. The molecule has 0 atom stereocenters. The molecule has 0 aliphatic heterocycles. The highest BCUT2D eigenvalue weighted by atomic mass is 16.5. The molecule has 32 heavy (non-hydrogen) atoms. The zero-order chi connectivity index (χ0) is 22.9. The molecule has 0 heterocycles. The highest BCUT2D eigenvalue weighted by Gasteiger charge is 2.18. The minimum Gasteiger partial charge on any atom is -0.485 e. The smallest absolute Gasteiger partial charge is 0.326 e. The Hall–Kier alpha value is -4.00. The number of rotatable bonds is 7. The number of urea groups is 1. The first kappa shape index (κ1) is 22.7. The molecule has 0 saturated heterocycles. The highest BCUT2D eigenvalue weighted by molar-refractivity contribution is 6.02. The SMILES string of the molecule is CN=C(N)NC(=O)Nc1c(C)cc(OCc2ccccc2)c(OCc2ccccc2)c1C. The van der Waals surface area contributed by atoms with E-state index < -0.39 is 6.03 Å². The van der Waals surface area contributed by atoms with E-state index in [4.69, 9.17) is 15.2 Å². The molecule has 0 aliphatic carbocycles. The van der Waals surface area contributed by atoms with Crippen LogP contribution < -0.4 is 25.8 Å². The molecule has 7 nitrogen and oxygen atoms in total. The number of aryl methyl sites for hydroxylation is 1. The maximum absolute atomic E-state index is 12.3. The second-order valence-electron chi connectivity index (χ2n) is 7.26. The zero-order valence-corrected chi connectivity index (χ0v) is 18.5. The molecule has 3 aromatic rings. The van der Waals surface area contributed by atoms with Crippen molar-refractivity contribution in [2.45, 2.75) is 27.1 Å². The summed E-state index contributed by atoms with van der Waals surface area (Å²) in [6.45, 7) is 4.55. The van der Waals surface area contributed by atoms with Gasteiger partial charge in [-0.05, 0) is 36.6 Å². The number of hydrogen-bond acceptors (Lipinski definition) is 4. The lowest BCUT2D eigenvalue weighted by molar-refractivity contribution is 0.253. The van der Waals surface area contributed by atoms with Gasteiger partial charge in [-0.25, -0.2) is 4.79 Å².